The Bertz CT molecular complexity index is 614. The maximum absolute atomic E-state index is 12.6. The minimum atomic E-state index is -3.55. The molecular formula is C17H27ClN2O2S. The van der Waals surface area contributed by atoms with Gasteiger partial charge in [0.25, 0.3) is 0 Å². The molecule has 23 heavy (non-hydrogen) atoms. The highest BCUT2D eigenvalue weighted by atomic mass is 35.5. The van der Waals surface area contributed by atoms with Crippen LogP contribution in [0.15, 0.2) is 29.2 Å². The molecule has 1 unspecified atom stereocenters. The van der Waals surface area contributed by atoms with Gasteiger partial charge in [-0.3, -0.25) is 4.90 Å². The second-order valence-corrected chi connectivity index (χ2v) is 9.09. The minimum absolute atomic E-state index is 0.251. The summed E-state index contributed by atoms with van der Waals surface area (Å²) in [5.74, 6) is 0. The smallest absolute Gasteiger partial charge is 0.241 e. The van der Waals surface area contributed by atoms with Crippen LogP contribution in [0, 0.1) is 0 Å². The average Bonchev–Trinajstić information content (AvgIpc) is 2.46. The Kier molecular flexibility index (Phi) is 6.11. The summed E-state index contributed by atoms with van der Waals surface area (Å²) in [7, 11) is -3.55. The number of nitrogens with one attached hydrogen (secondary N) is 1. The highest BCUT2D eigenvalue weighted by Gasteiger charge is 2.31. The first-order valence-corrected chi connectivity index (χ1v) is 10.1. The van der Waals surface area contributed by atoms with Crippen molar-refractivity contribution in [1.82, 2.24) is 9.62 Å². The third-order valence-electron chi connectivity index (χ3n) is 4.35. The summed E-state index contributed by atoms with van der Waals surface area (Å²) in [5.41, 5.74) is -0.525. The van der Waals surface area contributed by atoms with Crippen LogP contribution in [0.25, 0.3) is 0 Å². The molecule has 0 amide bonds. The fourth-order valence-electron chi connectivity index (χ4n) is 3.31. The average molecular weight is 359 g/mol. The lowest BCUT2D eigenvalue weighted by molar-refractivity contribution is 0.115. The van der Waals surface area contributed by atoms with E-state index < -0.39 is 15.6 Å². The van der Waals surface area contributed by atoms with Gasteiger partial charge in [0.05, 0.1) is 4.90 Å². The van der Waals surface area contributed by atoms with Crippen molar-refractivity contribution in [2.24, 2.45) is 0 Å². The van der Waals surface area contributed by atoms with Gasteiger partial charge in [0.2, 0.25) is 10.0 Å². The van der Waals surface area contributed by atoms with E-state index >= 15 is 0 Å². The molecule has 6 heteroatoms. The SMILES string of the molecule is CCC1CCCCN1CC(C)(C)NS(=O)(=O)c1ccc(Cl)cc1. The molecule has 0 aromatic heterocycles. The Hall–Kier alpha value is -0.620. The predicted molar refractivity (Wildman–Crippen MR) is 95.4 cm³/mol. The van der Waals surface area contributed by atoms with E-state index in [-0.39, 0.29) is 4.90 Å². The number of benzene rings is 1. The van der Waals surface area contributed by atoms with Crippen LogP contribution in [0.5, 0.6) is 0 Å². The highest BCUT2D eigenvalue weighted by Crippen LogP contribution is 2.23. The van der Waals surface area contributed by atoms with Crippen LogP contribution in [0.2, 0.25) is 5.02 Å². The van der Waals surface area contributed by atoms with Crippen LogP contribution in [-0.4, -0.2) is 38.0 Å². The molecule has 1 aromatic carbocycles. The lowest BCUT2D eigenvalue weighted by atomic mass is 9.97. The van der Waals surface area contributed by atoms with E-state index in [0.29, 0.717) is 11.1 Å². The van der Waals surface area contributed by atoms with E-state index in [1.54, 1.807) is 12.1 Å². The third-order valence-corrected chi connectivity index (χ3v) is 6.32. The summed E-state index contributed by atoms with van der Waals surface area (Å²) in [6, 6.07) is 6.83. The Morgan fingerprint density at radius 2 is 1.91 bits per heavy atom. The van der Waals surface area contributed by atoms with Crippen molar-refractivity contribution in [3.05, 3.63) is 29.3 Å². The second kappa shape index (κ2) is 7.51. The number of rotatable bonds is 6. The van der Waals surface area contributed by atoms with Gasteiger partial charge in [-0.25, -0.2) is 13.1 Å². The molecule has 0 saturated carbocycles. The maximum Gasteiger partial charge on any atom is 0.241 e. The summed E-state index contributed by atoms with van der Waals surface area (Å²) in [6.45, 7) is 7.86. The zero-order chi connectivity index (χ0) is 17.1. The zero-order valence-corrected chi connectivity index (χ0v) is 15.8. The Morgan fingerprint density at radius 3 is 2.52 bits per heavy atom. The van der Waals surface area contributed by atoms with Crippen LogP contribution in [0.3, 0.4) is 0 Å². The molecule has 0 aliphatic carbocycles. The van der Waals surface area contributed by atoms with Gasteiger partial charge in [-0.1, -0.05) is 24.9 Å². The first-order chi connectivity index (χ1) is 10.7. The molecule has 130 valence electrons. The number of hydrogen-bond donors (Lipinski definition) is 1. The van der Waals surface area contributed by atoms with Crippen LogP contribution in [0.1, 0.15) is 46.5 Å². The largest absolute Gasteiger partial charge is 0.299 e. The lowest BCUT2D eigenvalue weighted by Gasteiger charge is -2.40. The van der Waals surface area contributed by atoms with Crippen LogP contribution >= 0.6 is 11.6 Å². The summed E-state index contributed by atoms with van der Waals surface area (Å²) in [6.07, 6.45) is 4.78. The molecule has 1 aliphatic heterocycles. The molecule has 0 radical (unpaired) electrons. The molecule has 1 heterocycles. The topological polar surface area (TPSA) is 49.4 Å². The first kappa shape index (κ1) is 18.7. The van der Waals surface area contributed by atoms with Crippen molar-refractivity contribution >= 4 is 21.6 Å². The molecule has 1 saturated heterocycles. The van der Waals surface area contributed by atoms with Crippen LogP contribution in [-0.2, 0) is 10.0 Å². The number of likely N-dealkylation sites (tertiary alicyclic amines) is 1. The van der Waals surface area contributed by atoms with Gasteiger partial charge >= 0.3 is 0 Å². The van der Waals surface area contributed by atoms with Gasteiger partial charge in [-0.15, -0.1) is 0 Å². The monoisotopic (exact) mass is 358 g/mol. The number of nitrogens with zero attached hydrogens (tertiary/aromatic N) is 1. The van der Waals surface area contributed by atoms with E-state index in [1.165, 1.54) is 31.4 Å². The number of piperidine rings is 1. The van der Waals surface area contributed by atoms with E-state index in [0.717, 1.165) is 19.5 Å². The summed E-state index contributed by atoms with van der Waals surface area (Å²) in [5, 5.41) is 0.530. The van der Waals surface area contributed by atoms with Gasteiger partial charge < -0.3 is 0 Å². The lowest BCUT2D eigenvalue weighted by Crippen LogP contribution is -2.54. The summed E-state index contributed by atoms with van der Waals surface area (Å²) < 4.78 is 28.0. The second-order valence-electron chi connectivity index (χ2n) is 6.97. The molecule has 1 N–H and O–H groups in total. The molecule has 1 aromatic rings. The quantitative estimate of drug-likeness (QED) is 0.844. The fraction of sp³-hybridized carbons (Fsp3) is 0.647. The summed E-state index contributed by atoms with van der Waals surface area (Å²) in [4.78, 5) is 2.68. The predicted octanol–water partition coefficient (Wildman–Crippen LogP) is 3.66. The fourth-order valence-corrected chi connectivity index (χ4v) is 4.84. The molecule has 1 fully saturated rings. The van der Waals surface area contributed by atoms with E-state index in [9.17, 15) is 8.42 Å². The van der Waals surface area contributed by atoms with E-state index in [1.807, 2.05) is 13.8 Å². The summed E-state index contributed by atoms with van der Waals surface area (Å²) >= 11 is 5.83. The van der Waals surface area contributed by atoms with E-state index in [2.05, 4.69) is 16.5 Å². The van der Waals surface area contributed by atoms with Crippen molar-refractivity contribution in [2.45, 2.75) is 62.9 Å². The molecule has 1 atom stereocenters. The number of hydrogen-bond acceptors (Lipinski definition) is 3. The van der Waals surface area contributed by atoms with E-state index in [4.69, 9.17) is 11.6 Å². The van der Waals surface area contributed by atoms with Gasteiger partial charge in [-0.2, -0.15) is 0 Å². The van der Waals surface area contributed by atoms with Crippen LogP contribution < -0.4 is 4.72 Å². The maximum atomic E-state index is 12.6. The highest BCUT2D eigenvalue weighted by molar-refractivity contribution is 7.89. The Balaban J connectivity index is 2.08. The number of sulfonamides is 1. The molecule has 0 spiro atoms. The normalized spacial score (nSPS) is 20.6. The molecule has 1 aliphatic rings. The van der Waals surface area contributed by atoms with Gasteiger partial charge in [0.1, 0.15) is 0 Å². The standard InChI is InChI=1S/C17H27ClN2O2S/c1-4-15-7-5-6-12-20(15)13-17(2,3)19-23(21,22)16-10-8-14(18)9-11-16/h8-11,15,19H,4-7,12-13H2,1-3H3. The van der Waals surface area contributed by atoms with Crippen molar-refractivity contribution in [2.75, 3.05) is 13.1 Å². The van der Waals surface area contributed by atoms with Crippen molar-refractivity contribution in [3.63, 3.8) is 0 Å². The zero-order valence-electron chi connectivity index (χ0n) is 14.2. The molecule has 4 nitrogen and oxygen atoms in total. The van der Waals surface area contributed by atoms with Crippen molar-refractivity contribution < 1.29 is 8.42 Å². The molecule has 0 bridgehead atoms. The Morgan fingerprint density at radius 1 is 1.26 bits per heavy atom. The first-order valence-electron chi connectivity index (χ1n) is 8.27. The molecular weight excluding hydrogens is 332 g/mol. The van der Waals surface area contributed by atoms with Crippen molar-refractivity contribution in [1.29, 1.82) is 0 Å². The van der Waals surface area contributed by atoms with Gasteiger partial charge in [-0.05, 0) is 63.9 Å². The number of halogens is 1. The third kappa shape index (κ3) is 5.18. The van der Waals surface area contributed by atoms with Gasteiger partial charge in [0.15, 0.2) is 0 Å². The van der Waals surface area contributed by atoms with Gasteiger partial charge in [0, 0.05) is 23.1 Å². The molecule has 2 rings (SSSR count). The Labute approximate surface area is 145 Å². The van der Waals surface area contributed by atoms with Crippen LogP contribution in [0.4, 0.5) is 0 Å². The van der Waals surface area contributed by atoms with Crippen molar-refractivity contribution in [3.8, 4) is 0 Å². The minimum Gasteiger partial charge on any atom is -0.299 e.